The van der Waals surface area contributed by atoms with Crippen molar-refractivity contribution in [1.82, 2.24) is 4.90 Å². The molecule has 3 heteroatoms. The van der Waals surface area contributed by atoms with E-state index in [0.29, 0.717) is 12.0 Å². The average Bonchev–Trinajstić information content (AvgIpc) is 2.33. The van der Waals surface area contributed by atoms with E-state index in [1.807, 2.05) is 7.05 Å². The fourth-order valence-corrected chi connectivity index (χ4v) is 1.77. The minimum Gasteiger partial charge on any atom is -0.395 e. The van der Waals surface area contributed by atoms with Gasteiger partial charge in [-0.15, -0.1) is 0 Å². The number of rotatable bonds is 5. The molecule has 0 fully saturated rings. The maximum atomic E-state index is 13.2. The van der Waals surface area contributed by atoms with Crippen LogP contribution in [0.3, 0.4) is 0 Å². The van der Waals surface area contributed by atoms with Gasteiger partial charge in [-0.3, -0.25) is 0 Å². The fraction of sp³-hybridized carbons (Fsp3) is 0.467. The van der Waals surface area contributed by atoms with E-state index in [4.69, 9.17) is 5.11 Å². The lowest BCUT2D eigenvalue weighted by molar-refractivity contribution is 0.305. The predicted octanol–water partition coefficient (Wildman–Crippen LogP) is 2.40. The number of hydrogen-bond acceptors (Lipinski definition) is 2. The zero-order valence-electron chi connectivity index (χ0n) is 11.0. The summed E-state index contributed by atoms with van der Waals surface area (Å²) < 4.78 is 13.2. The van der Waals surface area contributed by atoms with Crippen LogP contribution in [0.15, 0.2) is 18.2 Å². The summed E-state index contributed by atoms with van der Waals surface area (Å²) in [4.78, 5) is 2.18. The molecule has 0 spiro atoms. The standard InChI is InChI=1S/C15H20FNO/c1-3-9-17(2)12-14-7-8-15(16)11-13(14)6-4-5-10-18/h7-8,11,18H,3,5,9-10,12H2,1-2H3. The number of benzene rings is 1. The molecule has 0 aliphatic rings. The van der Waals surface area contributed by atoms with Crippen molar-refractivity contribution >= 4 is 0 Å². The van der Waals surface area contributed by atoms with Crippen LogP contribution in [0.25, 0.3) is 0 Å². The first-order valence-corrected chi connectivity index (χ1v) is 6.24. The van der Waals surface area contributed by atoms with E-state index in [9.17, 15) is 4.39 Å². The lowest BCUT2D eigenvalue weighted by Gasteiger charge is -2.16. The zero-order chi connectivity index (χ0) is 13.4. The number of aliphatic hydroxyl groups excluding tert-OH is 1. The molecule has 0 amide bonds. The van der Waals surface area contributed by atoms with Gasteiger partial charge in [-0.1, -0.05) is 24.8 Å². The van der Waals surface area contributed by atoms with Crippen LogP contribution in [0.5, 0.6) is 0 Å². The van der Waals surface area contributed by atoms with Crippen LogP contribution in [0, 0.1) is 17.7 Å². The second kappa shape index (κ2) is 7.86. The van der Waals surface area contributed by atoms with Crippen molar-refractivity contribution in [2.45, 2.75) is 26.3 Å². The second-order valence-electron chi connectivity index (χ2n) is 4.31. The normalized spacial score (nSPS) is 10.3. The molecule has 0 saturated heterocycles. The van der Waals surface area contributed by atoms with Crippen molar-refractivity contribution in [3.05, 3.63) is 35.1 Å². The molecule has 1 N–H and O–H groups in total. The number of aliphatic hydroxyl groups is 1. The molecule has 1 rings (SSSR count). The van der Waals surface area contributed by atoms with Gasteiger partial charge in [-0.2, -0.15) is 0 Å². The molecule has 1 aromatic rings. The number of halogens is 1. The molecule has 18 heavy (non-hydrogen) atoms. The third kappa shape index (κ3) is 4.87. The van der Waals surface area contributed by atoms with Gasteiger partial charge in [-0.05, 0) is 37.7 Å². The summed E-state index contributed by atoms with van der Waals surface area (Å²) in [5.41, 5.74) is 1.74. The Balaban J connectivity index is 2.86. The molecule has 0 saturated carbocycles. The highest BCUT2D eigenvalue weighted by Crippen LogP contribution is 2.12. The van der Waals surface area contributed by atoms with Crippen LogP contribution < -0.4 is 0 Å². The van der Waals surface area contributed by atoms with Gasteiger partial charge in [0.05, 0.1) is 6.61 Å². The van der Waals surface area contributed by atoms with Crippen molar-refractivity contribution in [1.29, 1.82) is 0 Å². The summed E-state index contributed by atoms with van der Waals surface area (Å²) in [6.45, 7) is 3.93. The Kier molecular flexibility index (Phi) is 6.42. The van der Waals surface area contributed by atoms with Crippen LogP contribution in [-0.2, 0) is 6.54 Å². The SMILES string of the molecule is CCCN(C)Cc1ccc(F)cc1C#CCCO. The Morgan fingerprint density at radius 3 is 2.83 bits per heavy atom. The maximum absolute atomic E-state index is 13.2. The molecule has 0 aliphatic carbocycles. The van der Waals surface area contributed by atoms with Crippen molar-refractivity contribution in [2.75, 3.05) is 20.2 Å². The number of nitrogens with zero attached hydrogens (tertiary/aromatic N) is 1. The summed E-state index contributed by atoms with van der Waals surface area (Å²) in [6.07, 6.45) is 1.50. The molecule has 0 heterocycles. The van der Waals surface area contributed by atoms with E-state index in [1.165, 1.54) is 12.1 Å². The molecule has 98 valence electrons. The number of hydrogen-bond donors (Lipinski definition) is 1. The highest BCUT2D eigenvalue weighted by atomic mass is 19.1. The van der Waals surface area contributed by atoms with Crippen molar-refractivity contribution < 1.29 is 9.50 Å². The minimum absolute atomic E-state index is 0.0351. The first-order chi connectivity index (χ1) is 8.67. The highest BCUT2D eigenvalue weighted by molar-refractivity contribution is 5.41. The minimum atomic E-state index is -0.273. The van der Waals surface area contributed by atoms with Crippen LogP contribution in [0.2, 0.25) is 0 Å². The highest BCUT2D eigenvalue weighted by Gasteiger charge is 2.05. The van der Waals surface area contributed by atoms with Crippen molar-refractivity contribution in [3.8, 4) is 11.8 Å². The van der Waals surface area contributed by atoms with Gasteiger partial charge in [0, 0.05) is 18.5 Å². The smallest absolute Gasteiger partial charge is 0.124 e. The van der Waals surface area contributed by atoms with Gasteiger partial charge in [0.1, 0.15) is 5.82 Å². The Bertz CT molecular complexity index is 434. The van der Waals surface area contributed by atoms with Gasteiger partial charge >= 0.3 is 0 Å². The largest absolute Gasteiger partial charge is 0.395 e. The third-order valence-electron chi connectivity index (χ3n) is 2.58. The van der Waals surface area contributed by atoms with Crippen LogP contribution in [0.1, 0.15) is 30.9 Å². The second-order valence-corrected chi connectivity index (χ2v) is 4.31. The molecular formula is C15H20FNO. The maximum Gasteiger partial charge on any atom is 0.124 e. The quantitative estimate of drug-likeness (QED) is 0.810. The van der Waals surface area contributed by atoms with Crippen LogP contribution >= 0.6 is 0 Å². The molecule has 0 bridgehead atoms. The summed E-state index contributed by atoms with van der Waals surface area (Å²) in [5, 5.41) is 8.70. The van der Waals surface area contributed by atoms with E-state index in [-0.39, 0.29) is 12.4 Å². The Labute approximate surface area is 108 Å². The zero-order valence-corrected chi connectivity index (χ0v) is 11.0. The van der Waals surface area contributed by atoms with Gasteiger partial charge in [-0.25, -0.2) is 4.39 Å². The molecule has 2 nitrogen and oxygen atoms in total. The Hall–Kier alpha value is -1.37. The Morgan fingerprint density at radius 1 is 1.39 bits per heavy atom. The van der Waals surface area contributed by atoms with Gasteiger partial charge in [0.25, 0.3) is 0 Å². The lowest BCUT2D eigenvalue weighted by atomic mass is 10.1. The predicted molar refractivity (Wildman–Crippen MR) is 71.6 cm³/mol. The fourth-order valence-electron chi connectivity index (χ4n) is 1.77. The third-order valence-corrected chi connectivity index (χ3v) is 2.58. The first kappa shape index (κ1) is 14.7. The van der Waals surface area contributed by atoms with E-state index >= 15 is 0 Å². The van der Waals surface area contributed by atoms with Crippen molar-refractivity contribution in [3.63, 3.8) is 0 Å². The summed E-state index contributed by atoms with van der Waals surface area (Å²) >= 11 is 0. The van der Waals surface area contributed by atoms with Gasteiger partial charge < -0.3 is 10.0 Å². The molecule has 0 atom stereocenters. The van der Waals surface area contributed by atoms with E-state index in [2.05, 4.69) is 23.7 Å². The molecule has 0 unspecified atom stereocenters. The van der Waals surface area contributed by atoms with E-state index < -0.39 is 0 Å². The summed E-state index contributed by atoms with van der Waals surface area (Å²) in [5.74, 6) is 5.49. The monoisotopic (exact) mass is 249 g/mol. The lowest BCUT2D eigenvalue weighted by Crippen LogP contribution is -2.19. The first-order valence-electron chi connectivity index (χ1n) is 6.24. The van der Waals surface area contributed by atoms with Crippen molar-refractivity contribution in [2.24, 2.45) is 0 Å². The molecule has 0 aliphatic heterocycles. The molecular weight excluding hydrogens is 229 g/mol. The van der Waals surface area contributed by atoms with Crippen LogP contribution in [-0.4, -0.2) is 30.2 Å². The molecule has 0 aromatic heterocycles. The van der Waals surface area contributed by atoms with Gasteiger partial charge in [0.15, 0.2) is 0 Å². The Morgan fingerprint density at radius 2 is 2.17 bits per heavy atom. The van der Waals surface area contributed by atoms with Gasteiger partial charge in [0.2, 0.25) is 0 Å². The van der Waals surface area contributed by atoms with E-state index in [1.54, 1.807) is 6.07 Å². The van der Waals surface area contributed by atoms with Crippen LogP contribution in [0.4, 0.5) is 4.39 Å². The van der Waals surface area contributed by atoms with E-state index in [0.717, 1.165) is 25.1 Å². The summed E-state index contributed by atoms with van der Waals surface area (Å²) in [6, 6.07) is 4.70. The molecule has 0 radical (unpaired) electrons. The molecule has 1 aromatic carbocycles. The topological polar surface area (TPSA) is 23.5 Å². The average molecular weight is 249 g/mol. The summed E-state index contributed by atoms with van der Waals surface area (Å²) in [7, 11) is 2.04.